The van der Waals surface area contributed by atoms with E-state index in [0.717, 1.165) is 5.01 Å². The first-order chi connectivity index (χ1) is 7.70. The minimum atomic E-state index is -0.781. The minimum absolute atomic E-state index is 0.0624. The third kappa shape index (κ3) is 3.60. The SMILES string of the molecule is O=[N+]([O-])N1CNC(OCCCl)C1OCCCl. The van der Waals surface area contributed by atoms with Crippen LogP contribution in [0, 0.1) is 10.1 Å². The number of nitrogens with zero attached hydrogens (tertiary/aromatic N) is 2. The molecule has 1 aliphatic rings. The number of rotatable bonds is 7. The van der Waals surface area contributed by atoms with Crippen molar-refractivity contribution in [3.05, 3.63) is 10.1 Å². The molecule has 1 N–H and O–H groups in total. The van der Waals surface area contributed by atoms with Crippen LogP contribution in [-0.4, -0.2) is 54.1 Å². The van der Waals surface area contributed by atoms with Gasteiger partial charge in [-0.1, -0.05) is 5.01 Å². The third-order valence-electron chi connectivity index (χ3n) is 1.96. The molecule has 2 atom stereocenters. The molecular weight excluding hydrogens is 261 g/mol. The molecule has 94 valence electrons. The second-order valence-corrected chi connectivity index (χ2v) is 3.73. The average molecular weight is 274 g/mol. The fourth-order valence-corrected chi connectivity index (χ4v) is 1.51. The molecule has 1 saturated heterocycles. The highest BCUT2D eigenvalue weighted by Gasteiger charge is 2.41. The Kier molecular flexibility index (Phi) is 6.07. The number of nitro groups is 1. The number of halogens is 2. The summed E-state index contributed by atoms with van der Waals surface area (Å²) in [5.74, 6) is 0.586. The molecule has 0 aromatic carbocycles. The molecule has 0 spiro atoms. The number of alkyl halides is 2. The fraction of sp³-hybridized carbons (Fsp3) is 1.00. The molecule has 2 unspecified atom stereocenters. The van der Waals surface area contributed by atoms with Gasteiger partial charge in [-0.15, -0.1) is 23.2 Å². The van der Waals surface area contributed by atoms with Crippen LogP contribution in [-0.2, 0) is 9.47 Å². The second kappa shape index (κ2) is 7.08. The minimum Gasteiger partial charge on any atom is -0.357 e. The first-order valence-corrected chi connectivity index (χ1v) is 5.77. The quantitative estimate of drug-likeness (QED) is 0.406. The maximum Gasteiger partial charge on any atom is 0.228 e. The molecule has 0 aromatic heterocycles. The molecule has 1 heterocycles. The Bertz CT molecular complexity index is 234. The van der Waals surface area contributed by atoms with E-state index in [-0.39, 0.29) is 19.2 Å². The average Bonchev–Trinajstić information content (AvgIpc) is 2.66. The van der Waals surface area contributed by atoms with Crippen molar-refractivity contribution in [2.75, 3.05) is 31.6 Å². The fourth-order valence-electron chi connectivity index (χ4n) is 1.33. The van der Waals surface area contributed by atoms with Crippen molar-refractivity contribution in [1.29, 1.82) is 0 Å². The lowest BCUT2D eigenvalue weighted by atomic mass is 10.5. The molecule has 0 radical (unpaired) electrons. The Balaban J connectivity index is 2.52. The number of hydrogen-bond donors (Lipinski definition) is 1. The Labute approximate surface area is 103 Å². The van der Waals surface area contributed by atoms with E-state index in [9.17, 15) is 10.1 Å². The highest BCUT2D eigenvalue weighted by Crippen LogP contribution is 2.14. The van der Waals surface area contributed by atoms with Gasteiger partial charge in [-0.2, -0.15) is 0 Å². The zero-order chi connectivity index (χ0) is 12.0. The summed E-state index contributed by atoms with van der Waals surface area (Å²) in [5.41, 5.74) is 0. The van der Waals surface area contributed by atoms with Gasteiger partial charge in [0.05, 0.1) is 13.2 Å². The maximum absolute atomic E-state index is 10.7. The summed E-state index contributed by atoms with van der Waals surface area (Å²) in [6, 6.07) is 0. The Morgan fingerprint density at radius 2 is 2.00 bits per heavy atom. The van der Waals surface area contributed by atoms with Crippen molar-refractivity contribution in [1.82, 2.24) is 10.3 Å². The largest absolute Gasteiger partial charge is 0.357 e. The molecule has 1 rings (SSSR count). The third-order valence-corrected chi connectivity index (χ3v) is 2.27. The van der Waals surface area contributed by atoms with Gasteiger partial charge in [0.25, 0.3) is 0 Å². The van der Waals surface area contributed by atoms with Gasteiger partial charge < -0.3 is 9.47 Å². The lowest BCUT2D eigenvalue weighted by molar-refractivity contribution is -0.671. The summed E-state index contributed by atoms with van der Waals surface area (Å²) in [6.45, 7) is 0.581. The number of nitrogens with one attached hydrogen (secondary N) is 1. The first-order valence-electron chi connectivity index (χ1n) is 4.70. The van der Waals surface area contributed by atoms with Gasteiger partial charge in [-0.3, -0.25) is 5.32 Å². The lowest BCUT2D eigenvalue weighted by Gasteiger charge is -2.20. The highest BCUT2D eigenvalue weighted by molar-refractivity contribution is 6.18. The van der Waals surface area contributed by atoms with Gasteiger partial charge in [-0.25, -0.2) is 10.1 Å². The summed E-state index contributed by atoms with van der Waals surface area (Å²) in [4.78, 5) is 10.7. The first kappa shape index (κ1) is 13.7. The molecule has 0 saturated carbocycles. The van der Waals surface area contributed by atoms with E-state index in [1.165, 1.54) is 0 Å². The van der Waals surface area contributed by atoms with E-state index in [2.05, 4.69) is 5.32 Å². The van der Waals surface area contributed by atoms with Crippen LogP contribution in [0.1, 0.15) is 0 Å². The summed E-state index contributed by atoms with van der Waals surface area (Å²) in [7, 11) is 0. The molecule has 0 amide bonds. The number of hydrazine groups is 1. The molecule has 1 aliphatic heterocycles. The van der Waals surface area contributed by atoms with Crippen molar-refractivity contribution in [3.8, 4) is 0 Å². The van der Waals surface area contributed by atoms with Crippen LogP contribution in [0.4, 0.5) is 0 Å². The van der Waals surface area contributed by atoms with Crippen molar-refractivity contribution in [2.45, 2.75) is 12.5 Å². The monoisotopic (exact) mass is 273 g/mol. The summed E-state index contributed by atoms with van der Waals surface area (Å²) < 4.78 is 10.5. The maximum atomic E-state index is 10.7. The predicted molar refractivity (Wildman–Crippen MR) is 57.8 cm³/mol. The molecule has 7 nitrogen and oxygen atoms in total. The van der Waals surface area contributed by atoms with Crippen molar-refractivity contribution >= 4 is 23.2 Å². The number of hydrogen-bond acceptors (Lipinski definition) is 5. The highest BCUT2D eigenvalue weighted by atomic mass is 35.5. The summed E-state index contributed by atoms with van der Waals surface area (Å²) in [6.07, 6.45) is -1.34. The molecule has 1 fully saturated rings. The predicted octanol–water partition coefficient (Wildman–Crippen LogP) is 0.204. The second-order valence-electron chi connectivity index (χ2n) is 2.97. The Hall–Kier alpha value is -0.340. The topological polar surface area (TPSA) is 76.9 Å². The zero-order valence-corrected chi connectivity index (χ0v) is 9.99. The van der Waals surface area contributed by atoms with Crippen LogP contribution in [0.5, 0.6) is 0 Å². The van der Waals surface area contributed by atoms with Crippen LogP contribution in [0.15, 0.2) is 0 Å². The molecular formula is C7H13Cl2N3O4. The van der Waals surface area contributed by atoms with E-state index in [1.54, 1.807) is 0 Å². The van der Waals surface area contributed by atoms with Gasteiger partial charge in [-0.05, 0) is 0 Å². The standard InChI is InChI=1S/C7H13Cl2N3O4/c8-1-3-15-6-7(16-4-2-9)11(5-10-6)12(13)14/h6-7,10H,1-5H2. The van der Waals surface area contributed by atoms with Gasteiger partial charge >= 0.3 is 0 Å². The van der Waals surface area contributed by atoms with E-state index in [0.29, 0.717) is 12.5 Å². The van der Waals surface area contributed by atoms with Crippen LogP contribution in [0.3, 0.4) is 0 Å². The molecule has 0 aromatic rings. The van der Waals surface area contributed by atoms with E-state index < -0.39 is 17.5 Å². The van der Waals surface area contributed by atoms with Gasteiger partial charge in [0.1, 0.15) is 6.67 Å². The molecule has 0 aliphatic carbocycles. The van der Waals surface area contributed by atoms with Gasteiger partial charge in [0.2, 0.25) is 6.23 Å². The van der Waals surface area contributed by atoms with Gasteiger partial charge in [0.15, 0.2) is 11.3 Å². The van der Waals surface area contributed by atoms with E-state index >= 15 is 0 Å². The van der Waals surface area contributed by atoms with Crippen molar-refractivity contribution in [2.24, 2.45) is 0 Å². The number of ether oxygens (including phenoxy) is 2. The summed E-state index contributed by atoms with van der Waals surface area (Å²) in [5, 5.41) is 13.9. The van der Waals surface area contributed by atoms with Crippen LogP contribution in [0.2, 0.25) is 0 Å². The van der Waals surface area contributed by atoms with Crippen molar-refractivity contribution in [3.63, 3.8) is 0 Å². The smallest absolute Gasteiger partial charge is 0.228 e. The normalized spacial score (nSPS) is 25.0. The lowest BCUT2D eigenvalue weighted by Crippen LogP contribution is -2.43. The Morgan fingerprint density at radius 1 is 1.38 bits per heavy atom. The van der Waals surface area contributed by atoms with Crippen LogP contribution in [0.25, 0.3) is 0 Å². The zero-order valence-electron chi connectivity index (χ0n) is 8.47. The molecule has 0 bridgehead atoms. The van der Waals surface area contributed by atoms with Crippen molar-refractivity contribution < 1.29 is 14.5 Å². The van der Waals surface area contributed by atoms with E-state index in [4.69, 9.17) is 32.7 Å². The molecule has 16 heavy (non-hydrogen) atoms. The Morgan fingerprint density at radius 3 is 2.56 bits per heavy atom. The van der Waals surface area contributed by atoms with Crippen LogP contribution < -0.4 is 5.32 Å². The van der Waals surface area contributed by atoms with Gasteiger partial charge in [0, 0.05) is 11.8 Å². The molecule has 9 heteroatoms. The summed E-state index contributed by atoms with van der Waals surface area (Å²) >= 11 is 10.9. The van der Waals surface area contributed by atoms with Crippen LogP contribution >= 0.6 is 23.2 Å². The van der Waals surface area contributed by atoms with E-state index in [1.807, 2.05) is 0 Å².